The van der Waals surface area contributed by atoms with Crippen LogP contribution in [0.3, 0.4) is 0 Å². The molecular formula is C20H26N2O4S2. The Bertz CT molecular complexity index is 879. The van der Waals surface area contributed by atoms with Crippen LogP contribution in [0.1, 0.15) is 25.3 Å². The van der Waals surface area contributed by atoms with Crippen LogP contribution in [0.25, 0.3) is 0 Å². The van der Waals surface area contributed by atoms with Crippen molar-refractivity contribution < 1.29 is 17.9 Å². The summed E-state index contributed by atoms with van der Waals surface area (Å²) in [6.45, 7) is 3.75. The topological polar surface area (TPSA) is 66.9 Å². The van der Waals surface area contributed by atoms with Crippen LogP contribution in [0, 0.1) is 5.92 Å². The largest absolute Gasteiger partial charge is 0.494 e. The van der Waals surface area contributed by atoms with Crippen LogP contribution in [-0.2, 0) is 21.4 Å². The third-order valence-corrected chi connectivity index (χ3v) is 8.09. The third kappa shape index (κ3) is 4.74. The molecule has 0 bridgehead atoms. The van der Waals surface area contributed by atoms with E-state index < -0.39 is 10.0 Å². The number of thiophene rings is 1. The summed E-state index contributed by atoms with van der Waals surface area (Å²) < 4.78 is 32.8. The Labute approximate surface area is 170 Å². The number of benzene rings is 1. The molecule has 1 aromatic heterocycles. The van der Waals surface area contributed by atoms with Crippen molar-refractivity contribution in [2.75, 3.05) is 26.7 Å². The van der Waals surface area contributed by atoms with Gasteiger partial charge in [-0.2, -0.15) is 4.31 Å². The Morgan fingerprint density at radius 3 is 2.68 bits per heavy atom. The van der Waals surface area contributed by atoms with E-state index in [1.54, 1.807) is 29.5 Å². The summed E-state index contributed by atoms with van der Waals surface area (Å²) in [4.78, 5) is 14.6. The second-order valence-corrected chi connectivity index (χ2v) is 10.0. The molecule has 8 heteroatoms. The second-order valence-electron chi connectivity index (χ2n) is 6.91. The van der Waals surface area contributed by atoms with E-state index in [0.717, 1.165) is 11.3 Å². The molecule has 0 radical (unpaired) electrons. The summed E-state index contributed by atoms with van der Waals surface area (Å²) in [7, 11) is -1.74. The molecule has 1 saturated heterocycles. The number of piperidine rings is 1. The van der Waals surface area contributed by atoms with Crippen molar-refractivity contribution in [1.29, 1.82) is 0 Å². The van der Waals surface area contributed by atoms with E-state index in [1.807, 2.05) is 31.2 Å². The summed E-state index contributed by atoms with van der Waals surface area (Å²) in [6.07, 6.45) is 1.40. The van der Waals surface area contributed by atoms with Crippen molar-refractivity contribution in [3.8, 4) is 5.75 Å². The molecule has 28 heavy (non-hydrogen) atoms. The van der Waals surface area contributed by atoms with Gasteiger partial charge in [0.15, 0.2) is 0 Å². The van der Waals surface area contributed by atoms with Crippen LogP contribution in [0.5, 0.6) is 5.75 Å². The molecule has 1 aromatic carbocycles. The fourth-order valence-corrected chi connectivity index (χ4v) is 6.09. The van der Waals surface area contributed by atoms with Gasteiger partial charge in [0.2, 0.25) is 5.91 Å². The third-order valence-electron chi connectivity index (χ3n) is 4.85. The van der Waals surface area contributed by atoms with Crippen LogP contribution in [0.2, 0.25) is 0 Å². The van der Waals surface area contributed by atoms with E-state index in [2.05, 4.69) is 0 Å². The lowest BCUT2D eigenvalue weighted by Crippen LogP contribution is -2.45. The van der Waals surface area contributed by atoms with Gasteiger partial charge in [-0.15, -0.1) is 11.3 Å². The van der Waals surface area contributed by atoms with E-state index in [4.69, 9.17) is 4.74 Å². The molecular weight excluding hydrogens is 396 g/mol. The minimum absolute atomic E-state index is 0.0139. The molecule has 1 amide bonds. The number of rotatable bonds is 7. The van der Waals surface area contributed by atoms with Crippen molar-refractivity contribution in [3.63, 3.8) is 0 Å². The zero-order valence-corrected chi connectivity index (χ0v) is 17.8. The molecule has 1 unspecified atom stereocenters. The van der Waals surface area contributed by atoms with E-state index in [0.29, 0.717) is 36.7 Å². The first kappa shape index (κ1) is 20.8. The lowest BCUT2D eigenvalue weighted by molar-refractivity contribution is -0.135. The molecule has 2 heterocycles. The highest BCUT2D eigenvalue weighted by molar-refractivity contribution is 7.91. The standard InChI is InChI=1S/C20H26N2O4S2/c1-3-26-18-10-8-16(9-11-18)14-21(2)20(23)17-6-4-12-22(15-17)28(24,25)19-7-5-13-27-19/h5,7-11,13,17H,3-4,6,12,14-15H2,1-2H3. The van der Waals surface area contributed by atoms with Gasteiger partial charge in [0.25, 0.3) is 10.0 Å². The lowest BCUT2D eigenvalue weighted by atomic mass is 9.98. The second kappa shape index (κ2) is 9.07. The summed E-state index contributed by atoms with van der Waals surface area (Å²) >= 11 is 1.21. The molecule has 1 aliphatic heterocycles. The molecule has 0 spiro atoms. The predicted molar refractivity (Wildman–Crippen MR) is 110 cm³/mol. The monoisotopic (exact) mass is 422 g/mol. The molecule has 1 fully saturated rings. The molecule has 0 aliphatic carbocycles. The molecule has 0 saturated carbocycles. The minimum atomic E-state index is -3.51. The van der Waals surface area contributed by atoms with E-state index in [1.165, 1.54) is 15.6 Å². The molecule has 6 nitrogen and oxygen atoms in total. The molecule has 1 atom stereocenters. The summed E-state index contributed by atoms with van der Waals surface area (Å²) in [5, 5.41) is 1.75. The average Bonchev–Trinajstić information content (AvgIpc) is 3.25. The highest BCUT2D eigenvalue weighted by Crippen LogP contribution is 2.27. The van der Waals surface area contributed by atoms with Gasteiger partial charge >= 0.3 is 0 Å². The van der Waals surface area contributed by atoms with Gasteiger partial charge in [-0.25, -0.2) is 8.42 Å². The van der Waals surface area contributed by atoms with Gasteiger partial charge in [0.1, 0.15) is 9.96 Å². The number of amides is 1. The quantitative estimate of drug-likeness (QED) is 0.687. The van der Waals surface area contributed by atoms with E-state index in [-0.39, 0.29) is 18.4 Å². The SMILES string of the molecule is CCOc1ccc(CN(C)C(=O)C2CCCN(S(=O)(=O)c3cccs3)C2)cc1. The first-order valence-corrected chi connectivity index (χ1v) is 11.7. The van der Waals surface area contributed by atoms with Gasteiger partial charge in [0.05, 0.1) is 12.5 Å². The number of carbonyl (C=O) groups excluding carboxylic acids is 1. The highest BCUT2D eigenvalue weighted by atomic mass is 32.2. The Kier molecular flexibility index (Phi) is 6.74. The first-order chi connectivity index (χ1) is 13.4. The highest BCUT2D eigenvalue weighted by Gasteiger charge is 2.34. The summed E-state index contributed by atoms with van der Waals surface area (Å²) in [5.74, 6) is 0.484. The maximum atomic E-state index is 12.9. The summed E-state index contributed by atoms with van der Waals surface area (Å²) in [5.41, 5.74) is 1.01. The number of sulfonamides is 1. The van der Waals surface area contributed by atoms with Crippen LogP contribution >= 0.6 is 11.3 Å². The van der Waals surface area contributed by atoms with Crippen molar-refractivity contribution in [2.24, 2.45) is 5.92 Å². The van der Waals surface area contributed by atoms with Gasteiger partial charge in [-0.05, 0) is 48.9 Å². The van der Waals surface area contributed by atoms with Crippen molar-refractivity contribution >= 4 is 27.3 Å². The minimum Gasteiger partial charge on any atom is -0.494 e. The number of hydrogen-bond acceptors (Lipinski definition) is 5. The zero-order valence-electron chi connectivity index (χ0n) is 16.2. The Morgan fingerprint density at radius 2 is 2.04 bits per heavy atom. The molecule has 2 aromatic rings. The Hall–Kier alpha value is -1.90. The Balaban J connectivity index is 1.63. The van der Waals surface area contributed by atoms with Crippen molar-refractivity contribution in [1.82, 2.24) is 9.21 Å². The van der Waals surface area contributed by atoms with E-state index in [9.17, 15) is 13.2 Å². The number of hydrogen-bond donors (Lipinski definition) is 0. The van der Waals surface area contributed by atoms with Crippen LogP contribution in [0.15, 0.2) is 46.0 Å². The van der Waals surface area contributed by atoms with Crippen LogP contribution in [-0.4, -0.2) is 50.3 Å². The van der Waals surface area contributed by atoms with Gasteiger partial charge in [-0.3, -0.25) is 4.79 Å². The van der Waals surface area contributed by atoms with Gasteiger partial charge in [-0.1, -0.05) is 18.2 Å². The first-order valence-electron chi connectivity index (χ1n) is 9.42. The van der Waals surface area contributed by atoms with Gasteiger partial charge in [0, 0.05) is 26.7 Å². The van der Waals surface area contributed by atoms with Crippen molar-refractivity contribution in [2.45, 2.75) is 30.5 Å². The Morgan fingerprint density at radius 1 is 1.29 bits per heavy atom. The summed E-state index contributed by atoms with van der Waals surface area (Å²) in [6, 6.07) is 11.0. The number of nitrogens with zero attached hydrogens (tertiary/aromatic N) is 2. The number of carbonyl (C=O) groups is 1. The molecule has 0 N–H and O–H groups in total. The maximum absolute atomic E-state index is 12.9. The number of ether oxygens (including phenoxy) is 1. The van der Waals surface area contributed by atoms with E-state index >= 15 is 0 Å². The fraction of sp³-hybridized carbons (Fsp3) is 0.450. The van der Waals surface area contributed by atoms with Crippen molar-refractivity contribution in [3.05, 3.63) is 47.3 Å². The normalized spacial score (nSPS) is 18.0. The lowest BCUT2D eigenvalue weighted by Gasteiger charge is -2.33. The average molecular weight is 423 g/mol. The smallest absolute Gasteiger partial charge is 0.252 e. The zero-order chi connectivity index (χ0) is 20.1. The maximum Gasteiger partial charge on any atom is 0.252 e. The van der Waals surface area contributed by atoms with Crippen LogP contribution < -0.4 is 4.74 Å². The molecule has 1 aliphatic rings. The molecule has 152 valence electrons. The van der Waals surface area contributed by atoms with Gasteiger partial charge < -0.3 is 9.64 Å². The predicted octanol–water partition coefficient (Wildman–Crippen LogP) is 3.21. The van der Waals surface area contributed by atoms with Crippen LogP contribution in [0.4, 0.5) is 0 Å². The fourth-order valence-electron chi connectivity index (χ4n) is 3.42. The molecule has 3 rings (SSSR count).